The lowest BCUT2D eigenvalue weighted by molar-refractivity contribution is 0.0962. The second-order valence-electron chi connectivity index (χ2n) is 1.90. The van der Waals surface area contributed by atoms with Crippen molar-refractivity contribution in [2.75, 3.05) is 7.05 Å². The van der Waals surface area contributed by atoms with Crippen LogP contribution in [0.3, 0.4) is 0 Å². The zero-order valence-electron chi connectivity index (χ0n) is 5.89. The van der Waals surface area contributed by atoms with Gasteiger partial charge in [-0.1, -0.05) is 0 Å². The van der Waals surface area contributed by atoms with Crippen LogP contribution >= 0.6 is 0 Å². The molecule has 1 aromatic heterocycles. The molecule has 0 atom stereocenters. The predicted molar refractivity (Wildman–Crippen MR) is 36.4 cm³/mol. The summed E-state index contributed by atoms with van der Waals surface area (Å²) >= 11 is 0. The molecule has 0 aliphatic heterocycles. The number of amides is 1. The quantitative estimate of drug-likeness (QED) is 0.633. The van der Waals surface area contributed by atoms with E-state index in [-0.39, 0.29) is 11.5 Å². The Balaban J connectivity index is 2.96. The van der Waals surface area contributed by atoms with Crippen molar-refractivity contribution < 1.29 is 9.18 Å². The summed E-state index contributed by atoms with van der Waals surface area (Å²) in [6, 6.07) is 1.08. The lowest BCUT2D eigenvalue weighted by atomic mass is 10.3. The van der Waals surface area contributed by atoms with Crippen molar-refractivity contribution in [2.24, 2.45) is 0 Å². The van der Waals surface area contributed by atoms with Gasteiger partial charge in [0.25, 0.3) is 5.91 Å². The molecule has 0 aliphatic carbocycles. The number of hydrogen-bond donors (Lipinski definition) is 1. The summed E-state index contributed by atoms with van der Waals surface area (Å²) in [5, 5.41) is 2.35. The molecule has 1 N–H and O–H groups in total. The Morgan fingerprint density at radius 1 is 1.82 bits per heavy atom. The molecular weight excluding hydrogens is 147 g/mol. The van der Waals surface area contributed by atoms with Gasteiger partial charge in [0, 0.05) is 13.2 Å². The zero-order valence-corrected chi connectivity index (χ0v) is 5.89. The Labute approximate surface area is 63.3 Å². The molecule has 11 heavy (non-hydrogen) atoms. The molecule has 1 aromatic rings. The van der Waals surface area contributed by atoms with E-state index in [0.29, 0.717) is 0 Å². The third-order valence-electron chi connectivity index (χ3n) is 1.15. The van der Waals surface area contributed by atoms with Crippen LogP contribution in [0, 0.1) is 12.0 Å². The molecule has 1 heterocycles. The van der Waals surface area contributed by atoms with Gasteiger partial charge in [-0.25, -0.2) is 4.39 Å². The van der Waals surface area contributed by atoms with E-state index in [0.717, 1.165) is 6.07 Å². The molecule has 0 spiro atoms. The van der Waals surface area contributed by atoms with E-state index in [2.05, 4.69) is 16.5 Å². The molecule has 0 saturated heterocycles. The van der Waals surface area contributed by atoms with Crippen LogP contribution in [0.2, 0.25) is 0 Å². The Morgan fingerprint density at radius 2 is 2.55 bits per heavy atom. The van der Waals surface area contributed by atoms with Gasteiger partial charge in [0.2, 0.25) is 0 Å². The molecule has 0 saturated carbocycles. The third-order valence-corrected chi connectivity index (χ3v) is 1.15. The average Bonchev–Trinajstić information content (AvgIpc) is 2.03. The Hall–Kier alpha value is -1.45. The largest absolute Gasteiger partial charge is 0.355 e. The van der Waals surface area contributed by atoms with Crippen LogP contribution in [0.4, 0.5) is 4.39 Å². The number of nitrogens with one attached hydrogen (secondary N) is 1. The smallest absolute Gasteiger partial charge is 0.252 e. The Kier molecular flexibility index (Phi) is 2.15. The summed E-state index contributed by atoms with van der Waals surface area (Å²) < 4.78 is 12.4. The van der Waals surface area contributed by atoms with Crippen molar-refractivity contribution in [3.63, 3.8) is 0 Å². The van der Waals surface area contributed by atoms with Crippen LogP contribution in [0.5, 0.6) is 0 Å². The molecule has 1 radical (unpaired) electrons. The van der Waals surface area contributed by atoms with E-state index >= 15 is 0 Å². The maximum atomic E-state index is 12.4. The van der Waals surface area contributed by atoms with E-state index in [1.807, 2.05) is 0 Å². The Bertz CT molecular complexity index is 275. The second kappa shape index (κ2) is 3.09. The molecule has 3 nitrogen and oxygen atoms in total. The van der Waals surface area contributed by atoms with Gasteiger partial charge in [0.1, 0.15) is 6.20 Å². The van der Waals surface area contributed by atoms with Crippen molar-refractivity contribution in [3.8, 4) is 0 Å². The fraction of sp³-hybridized carbons (Fsp3) is 0.143. The molecular formula is C7H6FN2O. The van der Waals surface area contributed by atoms with E-state index < -0.39 is 5.82 Å². The van der Waals surface area contributed by atoms with Crippen LogP contribution in [-0.2, 0) is 0 Å². The number of halogens is 1. The molecule has 0 aliphatic rings. The van der Waals surface area contributed by atoms with Crippen molar-refractivity contribution in [1.82, 2.24) is 10.3 Å². The summed E-state index contributed by atoms with van der Waals surface area (Å²) in [5.74, 6) is -0.989. The van der Waals surface area contributed by atoms with E-state index in [1.54, 1.807) is 0 Å². The van der Waals surface area contributed by atoms with E-state index in [1.165, 1.54) is 13.2 Å². The number of nitrogens with zero attached hydrogens (tertiary/aromatic N) is 1. The first-order valence-electron chi connectivity index (χ1n) is 2.99. The van der Waals surface area contributed by atoms with Crippen LogP contribution in [0.25, 0.3) is 0 Å². The van der Waals surface area contributed by atoms with Gasteiger partial charge >= 0.3 is 0 Å². The molecule has 0 fully saturated rings. The van der Waals surface area contributed by atoms with Crippen molar-refractivity contribution in [1.29, 1.82) is 0 Å². The average molecular weight is 153 g/mol. The second-order valence-corrected chi connectivity index (χ2v) is 1.90. The summed E-state index contributed by atoms with van der Waals surface area (Å²) in [6.07, 6.45) is 3.31. The highest BCUT2D eigenvalue weighted by Gasteiger charge is 2.03. The molecule has 1 amide bonds. The van der Waals surface area contributed by atoms with Gasteiger partial charge in [-0.05, 0) is 6.07 Å². The normalized spacial score (nSPS) is 9.27. The summed E-state index contributed by atoms with van der Waals surface area (Å²) in [4.78, 5) is 14.2. The van der Waals surface area contributed by atoms with Gasteiger partial charge in [0.05, 0.1) is 5.56 Å². The summed E-state index contributed by atoms with van der Waals surface area (Å²) in [6.45, 7) is 0. The van der Waals surface area contributed by atoms with Crippen LogP contribution < -0.4 is 5.32 Å². The number of aromatic nitrogens is 1. The minimum Gasteiger partial charge on any atom is -0.355 e. The molecule has 0 bridgehead atoms. The van der Waals surface area contributed by atoms with Gasteiger partial charge in [-0.3, -0.25) is 9.78 Å². The number of pyridine rings is 1. The van der Waals surface area contributed by atoms with Crippen LogP contribution in [0.1, 0.15) is 10.4 Å². The highest BCUT2D eigenvalue weighted by atomic mass is 19.1. The van der Waals surface area contributed by atoms with Gasteiger partial charge in [0.15, 0.2) is 5.82 Å². The standard InChI is InChI=1S/C7H6FN2O/c1-9-7(11)5-2-6(8)4-10-3-5/h2-3H,1H3,(H,9,11). The first kappa shape index (κ1) is 7.65. The molecule has 1 rings (SSSR count). The lowest BCUT2D eigenvalue weighted by Crippen LogP contribution is -2.18. The van der Waals surface area contributed by atoms with Crippen LogP contribution in [-0.4, -0.2) is 17.9 Å². The fourth-order valence-corrected chi connectivity index (χ4v) is 0.638. The Morgan fingerprint density at radius 3 is 3.09 bits per heavy atom. The monoisotopic (exact) mass is 153 g/mol. The van der Waals surface area contributed by atoms with Crippen molar-refractivity contribution >= 4 is 5.91 Å². The number of carbonyl (C=O) groups excluding carboxylic acids is 1. The van der Waals surface area contributed by atoms with Gasteiger partial charge in [-0.15, -0.1) is 0 Å². The number of carbonyl (C=O) groups is 1. The van der Waals surface area contributed by atoms with Gasteiger partial charge in [-0.2, -0.15) is 0 Å². The molecule has 4 heteroatoms. The maximum absolute atomic E-state index is 12.4. The molecule has 57 valence electrons. The van der Waals surface area contributed by atoms with Crippen molar-refractivity contribution in [3.05, 3.63) is 29.8 Å². The third kappa shape index (κ3) is 1.73. The highest BCUT2D eigenvalue weighted by Crippen LogP contribution is 1.98. The summed E-state index contributed by atoms with van der Waals surface area (Å²) in [7, 11) is 1.47. The first-order valence-corrected chi connectivity index (χ1v) is 2.99. The SMILES string of the molecule is CNC(=O)c1cn[c]c(F)c1. The number of hydrogen-bond acceptors (Lipinski definition) is 2. The van der Waals surface area contributed by atoms with Gasteiger partial charge < -0.3 is 5.32 Å². The van der Waals surface area contributed by atoms with Crippen LogP contribution in [0.15, 0.2) is 12.3 Å². The maximum Gasteiger partial charge on any atom is 0.252 e. The molecule has 0 unspecified atom stereocenters. The molecule has 0 aromatic carbocycles. The topological polar surface area (TPSA) is 42.0 Å². The zero-order chi connectivity index (χ0) is 8.27. The minimum absolute atomic E-state index is 0.198. The summed E-state index contributed by atoms with van der Waals surface area (Å²) in [5.41, 5.74) is 0.198. The number of rotatable bonds is 1. The fourth-order valence-electron chi connectivity index (χ4n) is 0.638. The minimum atomic E-state index is -0.633. The van der Waals surface area contributed by atoms with E-state index in [9.17, 15) is 9.18 Å². The van der Waals surface area contributed by atoms with E-state index in [4.69, 9.17) is 0 Å². The van der Waals surface area contributed by atoms with Crippen molar-refractivity contribution in [2.45, 2.75) is 0 Å². The lowest BCUT2D eigenvalue weighted by Gasteiger charge is -1.96. The predicted octanol–water partition coefficient (Wildman–Crippen LogP) is 0.380. The first-order chi connectivity index (χ1) is 5.24. The highest BCUT2D eigenvalue weighted by molar-refractivity contribution is 5.93.